The quantitative estimate of drug-likeness (QED) is 0.874. The molecule has 2 N–H and O–H groups in total. The second-order valence-corrected chi connectivity index (χ2v) is 5.70. The van der Waals surface area contributed by atoms with Gasteiger partial charge in [0.1, 0.15) is 11.6 Å². The highest BCUT2D eigenvalue weighted by Crippen LogP contribution is 2.21. The molecular weight excluding hydrogens is 290 g/mol. The zero-order valence-electron chi connectivity index (χ0n) is 12.7. The van der Waals surface area contributed by atoms with Crippen molar-refractivity contribution in [2.45, 2.75) is 38.3 Å². The van der Waals surface area contributed by atoms with Crippen molar-refractivity contribution in [3.8, 4) is 0 Å². The topological polar surface area (TPSA) is 52.6 Å². The molecule has 1 aliphatic heterocycles. The number of nitrogens with zero attached hydrogens (tertiary/aromatic N) is 1. The predicted molar refractivity (Wildman–Crippen MR) is 79.2 cm³/mol. The van der Waals surface area contributed by atoms with Gasteiger partial charge in [-0.2, -0.15) is 0 Å². The number of carbonyl (C=O) groups excluding carboxylic acids is 1. The maximum Gasteiger partial charge on any atom is 0.219 e. The molecule has 0 bridgehead atoms. The summed E-state index contributed by atoms with van der Waals surface area (Å²) >= 11 is 0. The Morgan fingerprint density at radius 3 is 2.95 bits per heavy atom. The molecule has 1 amide bonds. The molecule has 2 atom stereocenters. The van der Waals surface area contributed by atoms with Crippen molar-refractivity contribution < 1.29 is 18.7 Å². The fourth-order valence-corrected chi connectivity index (χ4v) is 2.78. The lowest BCUT2D eigenvalue weighted by molar-refractivity contribution is -0.121. The summed E-state index contributed by atoms with van der Waals surface area (Å²) in [5.74, 6) is -1.38. The number of aliphatic hydroxyl groups is 1. The van der Waals surface area contributed by atoms with Crippen LogP contribution in [-0.2, 0) is 4.79 Å². The van der Waals surface area contributed by atoms with Gasteiger partial charge in [0.05, 0.1) is 6.10 Å². The van der Waals surface area contributed by atoms with Gasteiger partial charge < -0.3 is 10.4 Å². The molecule has 1 heterocycles. The SMILES string of the molecule is CCC(=O)NC1CCCN(CC(O)c2ccc(F)cc2F)C1. The van der Waals surface area contributed by atoms with Crippen molar-refractivity contribution in [3.05, 3.63) is 35.4 Å². The van der Waals surface area contributed by atoms with Gasteiger partial charge in [-0.25, -0.2) is 8.78 Å². The molecule has 1 aromatic rings. The lowest BCUT2D eigenvalue weighted by atomic mass is 10.0. The molecule has 4 nitrogen and oxygen atoms in total. The largest absolute Gasteiger partial charge is 0.387 e. The van der Waals surface area contributed by atoms with Gasteiger partial charge in [-0.3, -0.25) is 9.69 Å². The van der Waals surface area contributed by atoms with Crippen molar-refractivity contribution >= 4 is 5.91 Å². The smallest absolute Gasteiger partial charge is 0.219 e. The number of carbonyl (C=O) groups is 1. The maximum absolute atomic E-state index is 13.7. The van der Waals surface area contributed by atoms with E-state index in [0.717, 1.165) is 31.5 Å². The Labute approximate surface area is 129 Å². The van der Waals surface area contributed by atoms with Crippen LogP contribution in [0.4, 0.5) is 8.78 Å². The van der Waals surface area contributed by atoms with Crippen LogP contribution in [0.25, 0.3) is 0 Å². The fourth-order valence-electron chi connectivity index (χ4n) is 2.78. The van der Waals surface area contributed by atoms with Crippen molar-refractivity contribution in [1.29, 1.82) is 0 Å². The maximum atomic E-state index is 13.7. The number of nitrogens with one attached hydrogen (secondary N) is 1. The Morgan fingerprint density at radius 1 is 1.50 bits per heavy atom. The molecule has 6 heteroatoms. The monoisotopic (exact) mass is 312 g/mol. The number of likely N-dealkylation sites (tertiary alicyclic amines) is 1. The molecule has 1 aliphatic rings. The summed E-state index contributed by atoms with van der Waals surface area (Å²) in [6.45, 7) is 3.49. The summed E-state index contributed by atoms with van der Waals surface area (Å²) in [7, 11) is 0. The van der Waals surface area contributed by atoms with E-state index in [2.05, 4.69) is 5.32 Å². The standard InChI is InChI=1S/C16H22F2N2O2/c1-2-16(22)19-12-4-3-7-20(9-12)10-15(21)13-6-5-11(17)8-14(13)18/h5-6,8,12,15,21H,2-4,7,9-10H2,1H3,(H,19,22). The lowest BCUT2D eigenvalue weighted by Crippen LogP contribution is -2.48. The van der Waals surface area contributed by atoms with E-state index in [4.69, 9.17) is 0 Å². The Balaban J connectivity index is 1.93. The third-order valence-electron chi connectivity index (χ3n) is 3.94. The van der Waals surface area contributed by atoms with Crippen LogP contribution >= 0.6 is 0 Å². The second kappa shape index (κ2) is 7.65. The zero-order chi connectivity index (χ0) is 16.1. The highest BCUT2D eigenvalue weighted by molar-refractivity contribution is 5.75. The van der Waals surface area contributed by atoms with Gasteiger partial charge in [0.25, 0.3) is 0 Å². The number of aliphatic hydroxyl groups excluding tert-OH is 1. The summed E-state index contributed by atoms with van der Waals surface area (Å²) in [5.41, 5.74) is 0.0983. The number of rotatable bonds is 5. The Morgan fingerprint density at radius 2 is 2.27 bits per heavy atom. The van der Waals surface area contributed by atoms with E-state index in [0.29, 0.717) is 13.0 Å². The van der Waals surface area contributed by atoms with E-state index < -0.39 is 17.7 Å². The molecule has 0 radical (unpaired) electrons. The van der Waals surface area contributed by atoms with Gasteiger partial charge in [-0.05, 0) is 25.5 Å². The third kappa shape index (κ3) is 4.48. The van der Waals surface area contributed by atoms with Crippen molar-refractivity contribution in [2.75, 3.05) is 19.6 Å². The van der Waals surface area contributed by atoms with Gasteiger partial charge in [-0.1, -0.05) is 13.0 Å². The van der Waals surface area contributed by atoms with Gasteiger partial charge in [-0.15, -0.1) is 0 Å². The first-order valence-electron chi connectivity index (χ1n) is 7.64. The Hall–Kier alpha value is -1.53. The van der Waals surface area contributed by atoms with Crippen LogP contribution in [0.15, 0.2) is 18.2 Å². The van der Waals surface area contributed by atoms with Crippen LogP contribution in [0.1, 0.15) is 37.9 Å². The van der Waals surface area contributed by atoms with Crippen LogP contribution in [0, 0.1) is 11.6 Å². The highest BCUT2D eigenvalue weighted by Gasteiger charge is 2.24. The lowest BCUT2D eigenvalue weighted by Gasteiger charge is -2.34. The first-order chi connectivity index (χ1) is 10.5. The van der Waals surface area contributed by atoms with Gasteiger partial charge in [0.15, 0.2) is 0 Å². The van der Waals surface area contributed by atoms with E-state index in [1.54, 1.807) is 6.92 Å². The number of halogens is 2. The average molecular weight is 312 g/mol. The first-order valence-corrected chi connectivity index (χ1v) is 7.64. The molecule has 122 valence electrons. The van der Waals surface area contributed by atoms with E-state index in [-0.39, 0.29) is 24.1 Å². The van der Waals surface area contributed by atoms with Gasteiger partial charge >= 0.3 is 0 Å². The van der Waals surface area contributed by atoms with Crippen LogP contribution in [0.3, 0.4) is 0 Å². The molecule has 1 fully saturated rings. The highest BCUT2D eigenvalue weighted by atomic mass is 19.1. The number of benzene rings is 1. The molecular formula is C16H22F2N2O2. The summed E-state index contributed by atoms with van der Waals surface area (Å²) in [6, 6.07) is 3.25. The van der Waals surface area contributed by atoms with E-state index >= 15 is 0 Å². The van der Waals surface area contributed by atoms with E-state index in [1.807, 2.05) is 4.90 Å². The fraction of sp³-hybridized carbons (Fsp3) is 0.562. The number of amides is 1. The molecule has 0 spiro atoms. The minimum absolute atomic E-state index is 0.0111. The van der Waals surface area contributed by atoms with Crippen molar-refractivity contribution in [3.63, 3.8) is 0 Å². The van der Waals surface area contributed by atoms with Crippen LogP contribution in [0.2, 0.25) is 0 Å². The van der Waals surface area contributed by atoms with Gasteiger partial charge in [0, 0.05) is 37.2 Å². The predicted octanol–water partition coefficient (Wildman–Crippen LogP) is 1.99. The normalized spacial score (nSPS) is 20.6. The van der Waals surface area contributed by atoms with E-state index in [9.17, 15) is 18.7 Å². The average Bonchev–Trinajstić information content (AvgIpc) is 2.47. The molecule has 22 heavy (non-hydrogen) atoms. The van der Waals surface area contributed by atoms with Crippen LogP contribution < -0.4 is 5.32 Å². The Bertz CT molecular complexity index is 525. The molecule has 0 aliphatic carbocycles. The van der Waals surface area contributed by atoms with Crippen LogP contribution in [-0.4, -0.2) is 41.6 Å². The summed E-state index contributed by atoms with van der Waals surface area (Å²) in [5, 5.41) is 13.1. The molecule has 2 rings (SSSR count). The molecule has 0 aromatic heterocycles. The number of hydrogen-bond donors (Lipinski definition) is 2. The summed E-state index contributed by atoms with van der Waals surface area (Å²) in [4.78, 5) is 13.4. The van der Waals surface area contributed by atoms with Gasteiger partial charge in [0.2, 0.25) is 5.91 Å². The van der Waals surface area contributed by atoms with Crippen LogP contribution in [0.5, 0.6) is 0 Å². The first kappa shape index (κ1) is 16.8. The number of β-amino-alcohol motifs (C(OH)–C–C–N with tert-alkyl or cyclic N) is 1. The molecule has 2 unspecified atom stereocenters. The summed E-state index contributed by atoms with van der Waals surface area (Å²) < 4.78 is 26.6. The molecule has 0 saturated carbocycles. The van der Waals surface area contributed by atoms with E-state index in [1.165, 1.54) is 6.07 Å². The number of piperidine rings is 1. The third-order valence-corrected chi connectivity index (χ3v) is 3.94. The molecule has 1 aromatic carbocycles. The number of hydrogen-bond acceptors (Lipinski definition) is 3. The van der Waals surface area contributed by atoms with Crippen molar-refractivity contribution in [1.82, 2.24) is 10.2 Å². The minimum Gasteiger partial charge on any atom is -0.387 e. The Kier molecular flexibility index (Phi) is 5.85. The molecule has 1 saturated heterocycles. The summed E-state index contributed by atoms with van der Waals surface area (Å²) in [6.07, 6.45) is 1.25. The zero-order valence-corrected chi connectivity index (χ0v) is 12.7. The second-order valence-electron chi connectivity index (χ2n) is 5.70. The minimum atomic E-state index is -1.01. The van der Waals surface area contributed by atoms with Crippen molar-refractivity contribution in [2.24, 2.45) is 0 Å².